The molecule has 1 fully saturated rings. The number of carbonyl (C=O) groups excluding carboxylic acids is 1. The average Bonchev–Trinajstić information content (AvgIpc) is 2.45. The molecule has 2 atom stereocenters. The maximum absolute atomic E-state index is 12.6. The standard InChI is InChI=1S/C16H19N3O.2ClH/c1-11-9-19(10-12(2)18-11)16(20)14-5-6-15-13(8-14)4-3-7-17-15;;/h3-8,11-12,18H,9-10H2,1-2H3;2*1H. The molecule has 22 heavy (non-hydrogen) atoms. The van der Waals surface area contributed by atoms with Gasteiger partial charge in [-0.05, 0) is 38.1 Å². The zero-order chi connectivity index (χ0) is 14.1. The number of rotatable bonds is 1. The summed E-state index contributed by atoms with van der Waals surface area (Å²) in [6.45, 7) is 5.74. The topological polar surface area (TPSA) is 45.2 Å². The number of halogens is 2. The number of hydrogen-bond acceptors (Lipinski definition) is 3. The maximum Gasteiger partial charge on any atom is 0.253 e. The van der Waals surface area contributed by atoms with Gasteiger partial charge in [0.15, 0.2) is 0 Å². The molecule has 1 aliphatic heterocycles. The number of amides is 1. The Morgan fingerprint density at radius 3 is 2.55 bits per heavy atom. The zero-order valence-corrected chi connectivity index (χ0v) is 14.3. The number of hydrogen-bond donors (Lipinski definition) is 1. The van der Waals surface area contributed by atoms with Crippen LogP contribution in [0, 0.1) is 0 Å². The largest absolute Gasteiger partial charge is 0.336 e. The van der Waals surface area contributed by atoms with Crippen LogP contribution in [0.3, 0.4) is 0 Å². The summed E-state index contributed by atoms with van der Waals surface area (Å²) in [5.41, 5.74) is 1.66. The van der Waals surface area contributed by atoms with E-state index in [2.05, 4.69) is 24.1 Å². The third-order valence-electron chi connectivity index (χ3n) is 3.69. The second kappa shape index (κ2) is 7.77. The fourth-order valence-corrected chi connectivity index (χ4v) is 2.88. The van der Waals surface area contributed by atoms with E-state index in [1.165, 1.54) is 0 Å². The number of pyridine rings is 1. The van der Waals surface area contributed by atoms with Crippen molar-refractivity contribution in [2.75, 3.05) is 13.1 Å². The van der Waals surface area contributed by atoms with Gasteiger partial charge in [0, 0.05) is 42.3 Å². The Bertz CT molecular complexity index is 640. The molecule has 1 aromatic carbocycles. The van der Waals surface area contributed by atoms with Gasteiger partial charge in [-0.3, -0.25) is 9.78 Å². The quantitative estimate of drug-likeness (QED) is 0.867. The van der Waals surface area contributed by atoms with Crippen LogP contribution in [0.5, 0.6) is 0 Å². The van der Waals surface area contributed by atoms with Crippen LogP contribution in [0.25, 0.3) is 10.9 Å². The predicted octanol–water partition coefficient (Wildman–Crippen LogP) is 2.90. The van der Waals surface area contributed by atoms with Crippen molar-refractivity contribution in [1.29, 1.82) is 0 Å². The zero-order valence-electron chi connectivity index (χ0n) is 12.7. The highest BCUT2D eigenvalue weighted by atomic mass is 35.5. The molecule has 0 bridgehead atoms. The highest BCUT2D eigenvalue weighted by molar-refractivity contribution is 5.98. The van der Waals surface area contributed by atoms with Crippen LogP contribution >= 0.6 is 24.8 Å². The second-order valence-electron chi connectivity index (χ2n) is 5.59. The van der Waals surface area contributed by atoms with E-state index in [-0.39, 0.29) is 30.7 Å². The number of aromatic nitrogens is 1. The fraction of sp³-hybridized carbons (Fsp3) is 0.375. The van der Waals surface area contributed by atoms with Gasteiger partial charge in [-0.25, -0.2) is 0 Å². The molecule has 4 nitrogen and oxygen atoms in total. The molecule has 0 aliphatic carbocycles. The molecule has 1 aromatic heterocycles. The highest BCUT2D eigenvalue weighted by Gasteiger charge is 2.25. The average molecular weight is 342 g/mol. The maximum atomic E-state index is 12.6. The normalized spacial score (nSPS) is 20.9. The third-order valence-corrected chi connectivity index (χ3v) is 3.69. The summed E-state index contributed by atoms with van der Waals surface area (Å²) in [6.07, 6.45) is 1.77. The molecule has 0 spiro atoms. The minimum absolute atomic E-state index is 0. The van der Waals surface area contributed by atoms with Crippen LogP contribution < -0.4 is 5.32 Å². The van der Waals surface area contributed by atoms with Crippen LogP contribution in [-0.2, 0) is 0 Å². The van der Waals surface area contributed by atoms with E-state index < -0.39 is 0 Å². The van der Waals surface area contributed by atoms with Gasteiger partial charge in [0.1, 0.15) is 0 Å². The lowest BCUT2D eigenvalue weighted by molar-refractivity contribution is 0.0674. The molecule has 0 radical (unpaired) electrons. The van der Waals surface area contributed by atoms with E-state index in [4.69, 9.17) is 0 Å². The smallest absolute Gasteiger partial charge is 0.253 e. The molecule has 2 aromatic rings. The Morgan fingerprint density at radius 1 is 1.18 bits per heavy atom. The number of fused-ring (bicyclic) bond motifs is 1. The minimum atomic E-state index is 0. The summed E-state index contributed by atoms with van der Waals surface area (Å²) in [5.74, 6) is 0.107. The van der Waals surface area contributed by atoms with Crippen LogP contribution in [0.4, 0.5) is 0 Å². The molecule has 6 heteroatoms. The van der Waals surface area contributed by atoms with Gasteiger partial charge in [0.05, 0.1) is 5.52 Å². The van der Waals surface area contributed by atoms with Gasteiger partial charge < -0.3 is 10.2 Å². The van der Waals surface area contributed by atoms with Crippen molar-refractivity contribution in [1.82, 2.24) is 15.2 Å². The van der Waals surface area contributed by atoms with E-state index in [9.17, 15) is 4.79 Å². The predicted molar refractivity (Wildman–Crippen MR) is 94.2 cm³/mol. The lowest BCUT2D eigenvalue weighted by Gasteiger charge is -2.36. The van der Waals surface area contributed by atoms with Gasteiger partial charge in [-0.1, -0.05) is 6.07 Å². The Kier molecular flexibility index (Phi) is 6.60. The van der Waals surface area contributed by atoms with Crippen molar-refractivity contribution in [3.05, 3.63) is 42.1 Å². The van der Waals surface area contributed by atoms with Crippen LogP contribution in [0.15, 0.2) is 36.5 Å². The molecule has 1 N–H and O–H groups in total. The van der Waals surface area contributed by atoms with Gasteiger partial charge in [0.2, 0.25) is 0 Å². The van der Waals surface area contributed by atoms with Crippen molar-refractivity contribution < 1.29 is 4.79 Å². The Morgan fingerprint density at radius 2 is 1.86 bits per heavy atom. The molecule has 1 aliphatic rings. The molecule has 120 valence electrons. The van der Waals surface area contributed by atoms with Crippen molar-refractivity contribution >= 4 is 41.6 Å². The first kappa shape index (κ1) is 18.7. The number of carbonyl (C=O) groups is 1. The molecule has 2 unspecified atom stereocenters. The van der Waals surface area contributed by atoms with Crippen molar-refractivity contribution in [3.63, 3.8) is 0 Å². The fourth-order valence-electron chi connectivity index (χ4n) is 2.88. The molecular weight excluding hydrogens is 321 g/mol. The Labute approximate surface area is 143 Å². The van der Waals surface area contributed by atoms with Crippen molar-refractivity contribution in [2.45, 2.75) is 25.9 Å². The Balaban J connectivity index is 0.00000121. The van der Waals surface area contributed by atoms with Crippen molar-refractivity contribution in [3.8, 4) is 0 Å². The second-order valence-corrected chi connectivity index (χ2v) is 5.59. The molecule has 1 amide bonds. The van der Waals surface area contributed by atoms with Crippen LogP contribution in [-0.4, -0.2) is 41.0 Å². The van der Waals surface area contributed by atoms with Gasteiger partial charge >= 0.3 is 0 Å². The van der Waals surface area contributed by atoms with Gasteiger partial charge in [-0.2, -0.15) is 0 Å². The number of nitrogens with zero attached hydrogens (tertiary/aromatic N) is 2. The first-order chi connectivity index (χ1) is 9.63. The Hall–Kier alpha value is -1.36. The SMILES string of the molecule is CC1CN(C(=O)c2ccc3ncccc3c2)CC(C)N1.Cl.Cl. The summed E-state index contributed by atoms with van der Waals surface area (Å²) in [6, 6.07) is 10.3. The highest BCUT2D eigenvalue weighted by Crippen LogP contribution is 2.16. The summed E-state index contributed by atoms with van der Waals surface area (Å²) in [5, 5.41) is 4.45. The van der Waals surface area contributed by atoms with E-state index in [1.54, 1.807) is 6.20 Å². The molecule has 2 heterocycles. The molecule has 3 rings (SSSR count). The molecule has 1 saturated heterocycles. The lowest BCUT2D eigenvalue weighted by atomic mass is 10.1. The van der Waals surface area contributed by atoms with Crippen molar-refractivity contribution in [2.24, 2.45) is 0 Å². The number of benzene rings is 1. The monoisotopic (exact) mass is 341 g/mol. The van der Waals surface area contributed by atoms with Crippen LogP contribution in [0.2, 0.25) is 0 Å². The number of nitrogens with one attached hydrogen (secondary N) is 1. The summed E-state index contributed by atoms with van der Waals surface area (Å²) in [4.78, 5) is 18.8. The van der Waals surface area contributed by atoms with Gasteiger partial charge in [-0.15, -0.1) is 24.8 Å². The summed E-state index contributed by atoms with van der Waals surface area (Å²) in [7, 11) is 0. The van der Waals surface area contributed by atoms with E-state index >= 15 is 0 Å². The molecular formula is C16H21Cl2N3O. The molecule has 0 saturated carbocycles. The minimum Gasteiger partial charge on any atom is -0.336 e. The first-order valence-electron chi connectivity index (χ1n) is 7.03. The van der Waals surface area contributed by atoms with E-state index in [1.807, 2.05) is 35.2 Å². The number of piperazine rings is 1. The lowest BCUT2D eigenvalue weighted by Crippen LogP contribution is -2.55. The van der Waals surface area contributed by atoms with E-state index in [0.29, 0.717) is 12.1 Å². The van der Waals surface area contributed by atoms with Crippen LogP contribution in [0.1, 0.15) is 24.2 Å². The first-order valence-corrected chi connectivity index (χ1v) is 7.03. The summed E-state index contributed by atoms with van der Waals surface area (Å²) < 4.78 is 0. The van der Waals surface area contributed by atoms with E-state index in [0.717, 1.165) is 29.6 Å². The summed E-state index contributed by atoms with van der Waals surface area (Å²) >= 11 is 0. The third kappa shape index (κ3) is 3.88. The van der Waals surface area contributed by atoms with Gasteiger partial charge in [0.25, 0.3) is 5.91 Å².